The molecular formula is C6H17FSi2. The van der Waals surface area contributed by atoms with Gasteiger partial charge < -0.3 is 4.11 Å². The van der Waals surface area contributed by atoms with Crippen LogP contribution < -0.4 is 0 Å². The number of hydrogen-bond acceptors (Lipinski definition) is 0. The highest BCUT2D eigenvalue weighted by molar-refractivity contribution is 7.22. The molecule has 0 N–H and O–H groups in total. The molecule has 0 rings (SSSR count). The molecule has 0 aliphatic rings. The lowest BCUT2D eigenvalue weighted by Crippen LogP contribution is -2.42. The van der Waals surface area contributed by atoms with Crippen LogP contribution in [0.5, 0.6) is 0 Å². The predicted molar refractivity (Wildman–Crippen MR) is 46.8 cm³/mol. The Bertz CT molecular complexity index is 93.7. The Morgan fingerprint density at radius 3 is 1.56 bits per heavy atom. The van der Waals surface area contributed by atoms with Crippen molar-refractivity contribution in [1.29, 1.82) is 0 Å². The smallest absolute Gasteiger partial charge is 0.204 e. The van der Waals surface area contributed by atoms with Crippen molar-refractivity contribution in [2.45, 2.75) is 38.9 Å². The molecule has 0 nitrogen and oxygen atoms in total. The fourth-order valence-electron chi connectivity index (χ4n) is 0.200. The first-order chi connectivity index (χ1) is 3.81. The zero-order chi connectivity index (χ0) is 7.71. The average molecular weight is 164 g/mol. The van der Waals surface area contributed by atoms with E-state index in [4.69, 9.17) is 0 Å². The van der Waals surface area contributed by atoms with Crippen molar-refractivity contribution in [3.05, 3.63) is 0 Å². The average Bonchev–Trinajstić information content (AvgIpc) is 1.64. The summed E-state index contributed by atoms with van der Waals surface area (Å²) in [6, 6.07) is 0. The summed E-state index contributed by atoms with van der Waals surface area (Å²) in [5.41, 5.74) is 0. The fraction of sp³-hybridized carbons (Fsp3) is 1.00. The lowest BCUT2D eigenvalue weighted by Gasteiger charge is -2.33. The van der Waals surface area contributed by atoms with Crippen LogP contribution in [0.15, 0.2) is 0 Å². The van der Waals surface area contributed by atoms with E-state index in [0.29, 0.717) is 0 Å². The maximum atomic E-state index is 12.5. The van der Waals surface area contributed by atoms with Crippen LogP contribution in [0.1, 0.15) is 20.8 Å². The first kappa shape index (κ1) is 9.36. The van der Waals surface area contributed by atoms with Gasteiger partial charge in [0.25, 0.3) is 0 Å². The summed E-state index contributed by atoms with van der Waals surface area (Å²) in [4.78, 5) is 0. The highest BCUT2D eigenvalue weighted by atomic mass is 29.2. The molecule has 0 heterocycles. The highest BCUT2D eigenvalue weighted by Crippen LogP contribution is 2.34. The first-order valence-corrected chi connectivity index (χ1v) is 9.23. The summed E-state index contributed by atoms with van der Waals surface area (Å²) in [5, 5.41) is 0.272. The van der Waals surface area contributed by atoms with Gasteiger partial charge in [0.15, 0.2) is 0 Å². The minimum Gasteiger partial charge on any atom is -0.326 e. The zero-order valence-corrected chi connectivity index (χ0v) is 9.50. The first-order valence-electron chi connectivity index (χ1n) is 3.37. The summed E-state index contributed by atoms with van der Waals surface area (Å²) in [6.07, 6.45) is 0. The molecule has 0 aliphatic heterocycles. The Hall–Kier alpha value is 0.364. The van der Waals surface area contributed by atoms with E-state index in [1.165, 1.54) is 0 Å². The van der Waals surface area contributed by atoms with E-state index in [2.05, 4.69) is 33.9 Å². The third kappa shape index (κ3) is 2.22. The summed E-state index contributed by atoms with van der Waals surface area (Å²) in [7, 11) is -2.63. The standard InChI is InChI=1S/C6H17FSi2/c1-6(2,3)9(4,5)8-7/h8H2,1-5H3. The van der Waals surface area contributed by atoms with E-state index in [1.807, 2.05) is 0 Å². The van der Waals surface area contributed by atoms with Crippen LogP contribution in [0.4, 0.5) is 4.11 Å². The second kappa shape index (κ2) is 2.54. The van der Waals surface area contributed by atoms with Crippen molar-refractivity contribution < 1.29 is 4.11 Å². The molecule has 0 saturated carbocycles. The van der Waals surface area contributed by atoms with Crippen LogP contribution in [-0.4, -0.2) is 17.0 Å². The van der Waals surface area contributed by atoms with Gasteiger partial charge in [-0.3, -0.25) is 0 Å². The van der Waals surface area contributed by atoms with Gasteiger partial charge in [-0.1, -0.05) is 33.9 Å². The molecule has 0 aromatic heterocycles. The van der Waals surface area contributed by atoms with Crippen LogP contribution in [0, 0.1) is 0 Å². The molecule has 0 aromatic carbocycles. The summed E-state index contributed by atoms with van der Waals surface area (Å²) >= 11 is 0. The molecule has 0 atom stereocenters. The van der Waals surface area contributed by atoms with Gasteiger partial charge in [0.2, 0.25) is 9.37 Å². The summed E-state index contributed by atoms with van der Waals surface area (Å²) in [6.45, 7) is 10.8. The molecule has 56 valence electrons. The zero-order valence-electron chi connectivity index (χ0n) is 7.09. The van der Waals surface area contributed by atoms with Gasteiger partial charge in [-0.15, -0.1) is 0 Å². The monoisotopic (exact) mass is 164 g/mol. The quantitative estimate of drug-likeness (QED) is 0.411. The van der Waals surface area contributed by atoms with Crippen LogP contribution >= 0.6 is 0 Å². The van der Waals surface area contributed by atoms with E-state index in [0.717, 1.165) is 0 Å². The maximum Gasteiger partial charge on any atom is 0.204 e. The fourth-order valence-corrected chi connectivity index (χ4v) is 1.80. The molecule has 0 spiro atoms. The van der Waals surface area contributed by atoms with Gasteiger partial charge in [0, 0.05) is 0 Å². The number of hydrogen-bond donors (Lipinski definition) is 0. The third-order valence-electron chi connectivity index (χ3n) is 2.36. The maximum absolute atomic E-state index is 12.5. The summed E-state index contributed by atoms with van der Waals surface area (Å²) < 4.78 is 12.5. The lowest BCUT2D eigenvalue weighted by atomic mass is 10.2. The van der Waals surface area contributed by atoms with Crippen LogP contribution in [0.3, 0.4) is 0 Å². The molecule has 0 aromatic rings. The number of halogens is 1. The van der Waals surface area contributed by atoms with E-state index in [-0.39, 0.29) is 5.04 Å². The van der Waals surface area contributed by atoms with E-state index in [1.54, 1.807) is 0 Å². The molecule has 0 aliphatic carbocycles. The van der Waals surface area contributed by atoms with Crippen molar-refractivity contribution in [3.63, 3.8) is 0 Å². The molecule has 0 bridgehead atoms. The van der Waals surface area contributed by atoms with Crippen LogP contribution in [0.2, 0.25) is 18.1 Å². The Morgan fingerprint density at radius 2 is 1.56 bits per heavy atom. The minimum absolute atomic E-state index is 0.272. The second-order valence-corrected chi connectivity index (χ2v) is 15.9. The molecule has 0 saturated heterocycles. The van der Waals surface area contributed by atoms with Crippen molar-refractivity contribution in [2.75, 3.05) is 0 Å². The van der Waals surface area contributed by atoms with Gasteiger partial charge >= 0.3 is 0 Å². The minimum atomic E-state index is -1.41. The molecule has 9 heavy (non-hydrogen) atoms. The van der Waals surface area contributed by atoms with Crippen molar-refractivity contribution in [2.24, 2.45) is 0 Å². The van der Waals surface area contributed by atoms with Gasteiger partial charge in [-0.2, -0.15) is 0 Å². The summed E-state index contributed by atoms with van der Waals surface area (Å²) in [5.74, 6) is 0. The van der Waals surface area contributed by atoms with Crippen molar-refractivity contribution in [1.82, 2.24) is 0 Å². The van der Waals surface area contributed by atoms with Gasteiger partial charge in [0.1, 0.15) is 0 Å². The Balaban J connectivity index is 4.14. The van der Waals surface area contributed by atoms with E-state index < -0.39 is 17.0 Å². The Labute approximate surface area is 60.6 Å². The lowest BCUT2D eigenvalue weighted by molar-refractivity contribution is 0.728. The van der Waals surface area contributed by atoms with Crippen molar-refractivity contribution in [3.8, 4) is 0 Å². The Morgan fingerprint density at radius 1 is 1.22 bits per heavy atom. The normalized spacial score (nSPS) is 15.3. The predicted octanol–water partition coefficient (Wildman–Crippen LogP) is 2.04. The van der Waals surface area contributed by atoms with Crippen molar-refractivity contribution >= 4 is 17.0 Å². The molecular weight excluding hydrogens is 147 g/mol. The van der Waals surface area contributed by atoms with Gasteiger partial charge in [-0.05, 0) is 5.04 Å². The van der Waals surface area contributed by atoms with Gasteiger partial charge in [0.05, 0.1) is 7.59 Å². The molecule has 3 heteroatoms. The second-order valence-electron chi connectivity index (χ2n) is 4.27. The Kier molecular flexibility index (Phi) is 2.64. The van der Waals surface area contributed by atoms with E-state index in [9.17, 15) is 4.11 Å². The molecule has 0 unspecified atom stereocenters. The molecule has 0 fully saturated rings. The van der Waals surface area contributed by atoms with Gasteiger partial charge in [-0.25, -0.2) is 0 Å². The van der Waals surface area contributed by atoms with Crippen LogP contribution in [-0.2, 0) is 0 Å². The molecule has 0 amide bonds. The van der Waals surface area contributed by atoms with E-state index >= 15 is 0 Å². The molecule has 0 radical (unpaired) electrons. The SMILES string of the molecule is CC(C)(C)[Si](C)(C)[SiH2]F. The van der Waals surface area contributed by atoms with Crippen LogP contribution in [0.25, 0.3) is 0 Å². The largest absolute Gasteiger partial charge is 0.326 e. The third-order valence-corrected chi connectivity index (χ3v) is 12.3. The highest BCUT2D eigenvalue weighted by Gasteiger charge is 2.35. The topological polar surface area (TPSA) is 0 Å². The number of rotatable bonds is 1.